The third kappa shape index (κ3) is 5.52. The van der Waals surface area contributed by atoms with Crippen LogP contribution in [0.1, 0.15) is 94.5 Å². The second kappa shape index (κ2) is 12.0. The lowest BCUT2D eigenvalue weighted by Gasteiger charge is -2.48. The number of aryl methyl sites for hydroxylation is 1. The fraction of sp³-hybridized carbons (Fsp3) is 0.611. The Labute approximate surface area is 255 Å². The molecule has 2 aromatic carbocycles. The average molecular weight is 586 g/mol. The van der Waals surface area contributed by atoms with E-state index in [-0.39, 0.29) is 23.2 Å². The molecule has 1 amide bonds. The summed E-state index contributed by atoms with van der Waals surface area (Å²) in [6, 6.07) is 17.4. The number of carbonyl (C=O) groups is 1. The molecule has 3 saturated heterocycles. The summed E-state index contributed by atoms with van der Waals surface area (Å²) in [6.07, 6.45) is 13.6. The molecule has 4 fully saturated rings. The first-order valence-corrected chi connectivity index (χ1v) is 16.9. The van der Waals surface area contributed by atoms with Crippen LogP contribution in [0.2, 0.25) is 0 Å². The first-order valence-electron chi connectivity index (χ1n) is 16.9. The van der Waals surface area contributed by atoms with Crippen LogP contribution in [-0.4, -0.2) is 63.0 Å². The molecule has 1 aliphatic carbocycles. The molecule has 0 radical (unpaired) electrons. The highest BCUT2D eigenvalue weighted by atomic mass is 19.1. The zero-order chi connectivity index (χ0) is 29.6. The van der Waals surface area contributed by atoms with Crippen molar-refractivity contribution < 1.29 is 9.18 Å². The van der Waals surface area contributed by atoms with Crippen molar-refractivity contribution in [3.05, 3.63) is 65.7 Å². The van der Waals surface area contributed by atoms with Gasteiger partial charge in [0.05, 0.1) is 17.1 Å². The molecule has 4 atom stereocenters. The van der Waals surface area contributed by atoms with Crippen molar-refractivity contribution in [2.75, 3.05) is 19.6 Å². The van der Waals surface area contributed by atoms with E-state index in [0.717, 1.165) is 68.6 Å². The predicted molar refractivity (Wildman–Crippen MR) is 169 cm³/mol. The number of nitrogens with zero attached hydrogens (tertiary/aromatic N) is 4. The Hall–Kier alpha value is -2.77. The fourth-order valence-corrected chi connectivity index (χ4v) is 9.68. The maximum absolute atomic E-state index is 14.6. The number of fused-ring (bicyclic) bond motifs is 3. The minimum atomic E-state index is -0.164. The van der Waals surface area contributed by atoms with Crippen molar-refractivity contribution in [3.8, 4) is 0 Å². The summed E-state index contributed by atoms with van der Waals surface area (Å²) in [5.74, 6) is 1.19. The number of likely N-dealkylation sites (tertiary alicyclic amines) is 1. The number of rotatable bonds is 8. The summed E-state index contributed by atoms with van der Waals surface area (Å²) in [7, 11) is 0. The van der Waals surface area contributed by atoms with E-state index in [1.165, 1.54) is 50.5 Å². The molecular weight excluding hydrogens is 537 g/mol. The zero-order valence-electron chi connectivity index (χ0n) is 25.8. The number of primary amides is 1. The van der Waals surface area contributed by atoms with Gasteiger partial charge in [-0.2, -0.15) is 0 Å². The Morgan fingerprint density at radius 1 is 0.977 bits per heavy atom. The van der Waals surface area contributed by atoms with Gasteiger partial charge in [-0.05, 0) is 126 Å². The maximum atomic E-state index is 14.6. The van der Waals surface area contributed by atoms with Gasteiger partial charge in [0.2, 0.25) is 5.91 Å². The topological polar surface area (TPSA) is 67.4 Å². The molecule has 4 aliphatic rings. The highest BCUT2D eigenvalue weighted by Crippen LogP contribution is 2.45. The van der Waals surface area contributed by atoms with Gasteiger partial charge >= 0.3 is 0 Å². The molecule has 0 spiro atoms. The van der Waals surface area contributed by atoms with Crippen molar-refractivity contribution >= 4 is 16.9 Å². The molecule has 2 bridgehead atoms. The lowest BCUT2D eigenvalue weighted by molar-refractivity contribution is -0.126. The molecule has 2 N–H and O–H groups in total. The number of benzene rings is 2. The van der Waals surface area contributed by atoms with Crippen LogP contribution in [0.5, 0.6) is 0 Å². The number of carbonyl (C=O) groups excluding carboxylic acids is 1. The van der Waals surface area contributed by atoms with E-state index in [0.29, 0.717) is 24.0 Å². The number of amides is 1. The Balaban J connectivity index is 1.07. The molecule has 1 aromatic heterocycles. The Kier molecular flexibility index (Phi) is 8.06. The Bertz CT molecular complexity index is 1420. The van der Waals surface area contributed by atoms with Crippen molar-refractivity contribution in [2.24, 2.45) is 11.7 Å². The smallest absolute Gasteiger partial charge is 0.235 e. The second-order valence-electron chi connectivity index (χ2n) is 14.1. The lowest BCUT2D eigenvalue weighted by atomic mass is 9.69. The zero-order valence-corrected chi connectivity index (χ0v) is 25.8. The van der Waals surface area contributed by atoms with Crippen LogP contribution in [0.25, 0.3) is 11.0 Å². The minimum absolute atomic E-state index is 0.0826. The second-order valence-corrected chi connectivity index (χ2v) is 14.1. The van der Waals surface area contributed by atoms with Crippen LogP contribution < -0.4 is 5.73 Å². The summed E-state index contributed by atoms with van der Waals surface area (Å²) < 4.78 is 17.1. The average Bonchev–Trinajstić information content (AvgIpc) is 3.47. The van der Waals surface area contributed by atoms with E-state index in [9.17, 15) is 9.18 Å². The van der Waals surface area contributed by atoms with E-state index < -0.39 is 0 Å². The van der Waals surface area contributed by atoms with Crippen molar-refractivity contribution in [1.29, 1.82) is 0 Å². The quantitative estimate of drug-likeness (QED) is 0.327. The first-order chi connectivity index (χ1) is 20.9. The van der Waals surface area contributed by atoms with Gasteiger partial charge in [-0.3, -0.25) is 14.6 Å². The molecular formula is C36H48FN5O. The van der Waals surface area contributed by atoms with Gasteiger partial charge < -0.3 is 10.3 Å². The van der Waals surface area contributed by atoms with Gasteiger partial charge in [0.25, 0.3) is 0 Å². The van der Waals surface area contributed by atoms with E-state index in [1.807, 2.05) is 6.07 Å². The van der Waals surface area contributed by atoms with Crippen molar-refractivity contribution in [1.82, 2.24) is 19.4 Å². The largest absolute Gasteiger partial charge is 0.368 e. The third-order valence-electron chi connectivity index (χ3n) is 11.8. The number of aromatic nitrogens is 2. The molecule has 230 valence electrons. The molecule has 2 unspecified atom stereocenters. The van der Waals surface area contributed by atoms with Crippen LogP contribution in [0.3, 0.4) is 0 Å². The highest BCUT2D eigenvalue weighted by Gasteiger charge is 2.45. The van der Waals surface area contributed by atoms with Crippen molar-refractivity contribution in [3.63, 3.8) is 0 Å². The highest BCUT2D eigenvalue weighted by molar-refractivity contribution is 5.80. The molecule has 1 saturated carbocycles. The van der Waals surface area contributed by atoms with Crippen LogP contribution >= 0.6 is 0 Å². The van der Waals surface area contributed by atoms with E-state index in [4.69, 9.17) is 10.7 Å². The minimum Gasteiger partial charge on any atom is -0.368 e. The van der Waals surface area contributed by atoms with Gasteiger partial charge in [0.1, 0.15) is 11.6 Å². The number of halogens is 1. The van der Waals surface area contributed by atoms with Crippen LogP contribution in [0.15, 0.2) is 48.5 Å². The van der Waals surface area contributed by atoms with Crippen LogP contribution in [0, 0.1) is 18.7 Å². The lowest BCUT2D eigenvalue weighted by Crippen LogP contribution is -2.55. The SMILES string of the molecule is Cc1nc2ccccc2n1C1C[C@H]2CC[C@@H](C1)N2CCC1(c2cccc(F)c2)CCN(C(C(N)=O)C2CCCCC2)CC1. The number of para-hydroxylation sites is 2. The van der Waals surface area contributed by atoms with E-state index in [1.54, 1.807) is 12.1 Å². The summed E-state index contributed by atoms with van der Waals surface area (Å²) >= 11 is 0. The molecule has 3 aliphatic heterocycles. The van der Waals surface area contributed by atoms with E-state index in [2.05, 4.69) is 51.6 Å². The number of hydrogen-bond acceptors (Lipinski definition) is 4. The Morgan fingerprint density at radius 3 is 2.40 bits per heavy atom. The summed E-state index contributed by atoms with van der Waals surface area (Å²) in [5, 5.41) is 0. The van der Waals surface area contributed by atoms with Gasteiger partial charge in [0.15, 0.2) is 0 Å². The molecule has 3 aromatic rings. The molecule has 6 nitrogen and oxygen atoms in total. The van der Waals surface area contributed by atoms with E-state index >= 15 is 0 Å². The Morgan fingerprint density at radius 2 is 1.70 bits per heavy atom. The monoisotopic (exact) mass is 585 g/mol. The normalized spacial score (nSPS) is 27.4. The summed E-state index contributed by atoms with van der Waals surface area (Å²) in [5.41, 5.74) is 9.44. The fourth-order valence-electron chi connectivity index (χ4n) is 9.68. The number of nitrogens with two attached hydrogens (primary N) is 1. The van der Waals surface area contributed by atoms with Crippen LogP contribution in [0.4, 0.5) is 4.39 Å². The number of hydrogen-bond donors (Lipinski definition) is 1. The van der Waals surface area contributed by atoms with Crippen molar-refractivity contribution in [2.45, 2.75) is 114 Å². The van der Waals surface area contributed by atoms with Gasteiger partial charge in [-0.1, -0.05) is 43.5 Å². The standard InChI is InChI=1S/C36H48FN5O/c1-25-39-32-12-5-6-13-33(32)42(25)31-23-29-14-15-30(24-31)41(29)21-18-36(27-10-7-11-28(37)22-27)16-19-40(20-17-36)34(35(38)43)26-8-3-2-4-9-26/h5-7,10-13,22,26,29-31,34H,2-4,8-9,14-21,23-24H2,1H3,(H2,38,43)/t29-,30+,31?,34?. The molecule has 4 heterocycles. The summed E-state index contributed by atoms with van der Waals surface area (Å²) in [6.45, 7) is 4.90. The first kappa shape index (κ1) is 29.0. The number of piperidine rings is 2. The number of imidazole rings is 1. The third-order valence-corrected chi connectivity index (χ3v) is 11.8. The molecule has 43 heavy (non-hydrogen) atoms. The van der Waals surface area contributed by atoms with Gasteiger partial charge in [-0.25, -0.2) is 9.37 Å². The summed E-state index contributed by atoms with van der Waals surface area (Å²) in [4.78, 5) is 22.8. The van der Waals surface area contributed by atoms with Gasteiger partial charge in [0, 0.05) is 18.1 Å². The maximum Gasteiger partial charge on any atom is 0.235 e. The van der Waals surface area contributed by atoms with Gasteiger partial charge in [-0.15, -0.1) is 0 Å². The van der Waals surface area contributed by atoms with Crippen LogP contribution in [-0.2, 0) is 10.2 Å². The molecule has 7 rings (SSSR count). The predicted octanol–water partition coefficient (Wildman–Crippen LogP) is 6.51. The molecule has 7 heteroatoms.